The van der Waals surface area contributed by atoms with E-state index in [1.807, 2.05) is 6.92 Å². The number of sulfone groups is 1. The lowest BCUT2D eigenvalue weighted by Gasteiger charge is -2.29. The van der Waals surface area contributed by atoms with Crippen molar-refractivity contribution in [3.8, 4) is 0 Å². The molecule has 1 N–H and O–H groups in total. The first-order valence-electron chi connectivity index (χ1n) is 5.85. The van der Waals surface area contributed by atoms with E-state index in [4.69, 9.17) is 5.11 Å². The van der Waals surface area contributed by atoms with Crippen LogP contribution >= 0.6 is 11.8 Å². The van der Waals surface area contributed by atoms with Crippen LogP contribution in [0.4, 0.5) is 0 Å². The van der Waals surface area contributed by atoms with Gasteiger partial charge in [-0.2, -0.15) is 11.8 Å². The van der Waals surface area contributed by atoms with Crippen molar-refractivity contribution >= 4 is 27.6 Å². The Morgan fingerprint density at radius 2 is 2.12 bits per heavy atom. The van der Waals surface area contributed by atoms with Crippen molar-refractivity contribution in [3.63, 3.8) is 0 Å². The van der Waals surface area contributed by atoms with E-state index < -0.39 is 15.8 Å². The van der Waals surface area contributed by atoms with Crippen LogP contribution < -0.4 is 0 Å². The lowest BCUT2D eigenvalue weighted by molar-refractivity contribution is -0.136. The summed E-state index contributed by atoms with van der Waals surface area (Å²) in [5.74, 6) is -0.791. The first kappa shape index (κ1) is 14.8. The molecule has 0 amide bonds. The highest BCUT2D eigenvalue weighted by molar-refractivity contribution is 8.00. The molecule has 0 aromatic carbocycles. The summed E-state index contributed by atoms with van der Waals surface area (Å²) < 4.78 is 23.0. The third-order valence-corrected chi connectivity index (χ3v) is 6.15. The van der Waals surface area contributed by atoms with Crippen LogP contribution in [0.25, 0.3) is 0 Å². The number of hydrogen-bond acceptors (Lipinski definition) is 4. The lowest BCUT2D eigenvalue weighted by atomic mass is 10.00. The van der Waals surface area contributed by atoms with Gasteiger partial charge in [0.15, 0.2) is 0 Å². The zero-order valence-electron chi connectivity index (χ0n) is 10.3. The van der Waals surface area contributed by atoms with Crippen LogP contribution in [0.15, 0.2) is 0 Å². The number of hydrogen-bond donors (Lipinski definition) is 1. The maximum atomic E-state index is 11.5. The molecule has 0 spiro atoms. The highest BCUT2D eigenvalue weighted by Crippen LogP contribution is 2.34. The van der Waals surface area contributed by atoms with E-state index in [9.17, 15) is 13.2 Å². The Kier molecular flexibility index (Phi) is 5.31. The van der Waals surface area contributed by atoms with E-state index in [0.29, 0.717) is 6.42 Å². The maximum Gasteiger partial charge on any atom is 0.304 e. The number of thioether (sulfide) groups is 1. The standard InChI is InChI=1S/C11H20O4S2/c1-8(6-11(12)13)16-9-4-3-5-10(7-9)17(2,14)15/h8-10H,3-7H2,1-2H3,(H,12,13). The average molecular weight is 280 g/mol. The van der Waals surface area contributed by atoms with Gasteiger partial charge in [-0.3, -0.25) is 4.79 Å². The molecule has 0 bridgehead atoms. The molecule has 100 valence electrons. The quantitative estimate of drug-likeness (QED) is 0.833. The number of carboxylic acid groups (broad SMARTS) is 1. The Morgan fingerprint density at radius 1 is 1.47 bits per heavy atom. The van der Waals surface area contributed by atoms with Crippen LogP contribution in [0.5, 0.6) is 0 Å². The third kappa shape index (κ3) is 5.29. The van der Waals surface area contributed by atoms with Crippen LogP contribution in [-0.2, 0) is 14.6 Å². The van der Waals surface area contributed by atoms with E-state index in [1.54, 1.807) is 11.8 Å². The average Bonchev–Trinajstić information content (AvgIpc) is 2.15. The van der Waals surface area contributed by atoms with Gasteiger partial charge in [-0.05, 0) is 19.3 Å². The summed E-state index contributed by atoms with van der Waals surface area (Å²) in [6, 6.07) is 0. The molecule has 3 atom stereocenters. The lowest BCUT2D eigenvalue weighted by Crippen LogP contribution is -2.29. The fraction of sp³-hybridized carbons (Fsp3) is 0.909. The van der Waals surface area contributed by atoms with Crippen molar-refractivity contribution in [1.29, 1.82) is 0 Å². The van der Waals surface area contributed by atoms with Crippen molar-refractivity contribution in [2.75, 3.05) is 6.26 Å². The normalized spacial score (nSPS) is 27.6. The molecule has 3 unspecified atom stereocenters. The molecular formula is C11H20O4S2. The molecule has 6 heteroatoms. The summed E-state index contributed by atoms with van der Waals surface area (Å²) in [7, 11) is -2.95. The molecule has 0 aliphatic heterocycles. The number of carbonyl (C=O) groups is 1. The zero-order valence-corrected chi connectivity index (χ0v) is 11.9. The second-order valence-electron chi connectivity index (χ2n) is 4.78. The fourth-order valence-corrected chi connectivity index (χ4v) is 5.08. The number of rotatable bonds is 5. The zero-order chi connectivity index (χ0) is 13.1. The van der Waals surface area contributed by atoms with Gasteiger partial charge < -0.3 is 5.11 Å². The minimum Gasteiger partial charge on any atom is -0.481 e. The van der Waals surface area contributed by atoms with E-state index in [1.165, 1.54) is 6.26 Å². The van der Waals surface area contributed by atoms with Gasteiger partial charge in [-0.25, -0.2) is 8.42 Å². The van der Waals surface area contributed by atoms with Gasteiger partial charge in [0.05, 0.1) is 11.7 Å². The van der Waals surface area contributed by atoms with Crippen molar-refractivity contribution < 1.29 is 18.3 Å². The predicted octanol–water partition coefficient (Wildman–Crippen LogP) is 1.94. The van der Waals surface area contributed by atoms with E-state index in [2.05, 4.69) is 0 Å². The van der Waals surface area contributed by atoms with E-state index in [0.717, 1.165) is 19.3 Å². The molecule has 17 heavy (non-hydrogen) atoms. The van der Waals surface area contributed by atoms with Crippen LogP contribution in [0.1, 0.15) is 39.0 Å². The molecule has 4 nitrogen and oxygen atoms in total. The molecule has 0 aromatic heterocycles. The van der Waals surface area contributed by atoms with Gasteiger partial charge in [0.2, 0.25) is 0 Å². The molecule has 1 fully saturated rings. The number of carboxylic acids is 1. The second kappa shape index (κ2) is 6.09. The third-order valence-electron chi connectivity index (χ3n) is 3.07. The van der Waals surface area contributed by atoms with Gasteiger partial charge in [0.25, 0.3) is 0 Å². The van der Waals surface area contributed by atoms with Gasteiger partial charge in [0.1, 0.15) is 9.84 Å². The summed E-state index contributed by atoms with van der Waals surface area (Å²) in [5.41, 5.74) is 0. The van der Waals surface area contributed by atoms with Gasteiger partial charge in [-0.1, -0.05) is 13.3 Å². The van der Waals surface area contributed by atoms with Gasteiger partial charge in [0, 0.05) is 16.8 Å². The SMILES string of the molecule is CC(CC(=O)O)SC1CCCC(S(C)(=O)=O)C1. The van der Waals surface area contributed by atoms with Crippen LogP contribution in [0, 0.1) is 0 Å². The van der Waals surface area contributed by atoms with Crippen LogP contribution in [-0.4, -0.2) is 41.5 Å². The Labute approximate surface area is 107 Å². The Bertz CT molecular complexity index is 364. The smallest absolute Gasteiger partial charge is 0.304 e. The summed E-state index contributed by atoms with van der Waals surface area (Å²) in [6.07, 6.45) is 4.79. The van der Waals surface area contributed by atoms with Crippen molar-refractivity contribution in [2.45, 2.75) is 54.8 Å². The highest BCUT2D eigenvalue weighted by atomic mass is 32.2. The van der Waals surface area contributed by atoms with Crippen molar-refractivity contribution in [2.24, 2.45) is 0 Å². The van der Waals surface area contributed by atoms with E-state index in [-0.39, 0.29) is 22.2 Å². The van der Waals surface area contributed by atoms with Crippen LogP contribution in [0.2, 0.25) is 0 Å². The van der Waals surface area contributed by atoms with Gasteiger partial charge in [-0.15, -0.1) is 0 Å². The molecule has 0 heterocycles. The first-order valence-corrected chi connectivity index (χ1v) is 8.75. The molecular weight excluding hydrogens is 260 g/mol. The minimum atomic E-state index is -2.95. The molecule has 0 radical (unpaired) electrons. The predicted molar refractivity (Wildman–Crippen MR) is 70.2 cm³/mol. The molecule has 1 aliphatic rings. The molecule has 1 rings (SSSR count). The Morgan fingerprint density at radius 3 is 2.65 bits per heavy atom. The van der Waals surface area contributed by atoms with E-state index >= 15 is 0 Å². The monoisotopic (exact) mass is 280 g/mol. The first-order chi connectivity index (χ1) is 7.79. The Balaban J connectivity index is 2.47. The molecule has 0 aromatic rings. The summed E-state index contributed by atoms with van der Waals surface area (Å²) in [4.78, 5) is 10.6. The van der Waals surface area contributed by atoms with Crippen LogP contribution in [0.3, 0.4) is 0 Å². The summed E-state index contributed by atoms with van der Waals surface area (Å²) in [6.45, 7) is 1.89. The topological polar surface area (TPSA) is 71.4 Å². The van der Waals surface area contributed by atoms with Gasteiger partial charge >= 0.3 is 5.97 Å². The highest BCUT2D eigenvalue weighted by Gasteiger charge is 2.30. The number of aliphatic carboxylic acids is 1. The Hall–Kier alpha value is -0.230. The summed E-state index contributed by atoms with van der Waals surface area (Å²) in [5, 5.41) is 8.80. The maximum absolute atomic E-state index is 11.5. The van der Waals surface area contributed by atoms with Crippen molar-refractivity contribution in [3.05, 3.63) is 0 Å². The molecule has 1 aliphatic carbocycles. The second-order valence-corrected chi connectivity index (χ2v) is 8.85. The molecule has 0 saturated heterocycles. The van der Waals surface area contributed by atoms with Crippen molar-refractivity contribution in [1.82, 2.24) is 0 Å². The summed E-state index contributed by atoms with van der Waals surface area (Å²) >= 11 is 1.62. The molecule has 1 saturated carbocycles. The minimum absolute atomic E-state index is 0.0517. The fourth-order valence-electron chi connectivity index (χ4n) is 2.24. The largest absolute Gasteiger partial charge is 0.481 e.